The Morgan fingerprint density at radius 3 is 3.00 bits per heavy atom. The van der Waals surface area contributed by atoms with Gasteiger partial charge in [-0.25, -0.2) is 4.79 Å². The van der Waals surface area contributed by atoms with Gasteiger partial charge in [0.2, 0.25) is 0 Å². The summed E-state index contributed by atoms with van der Waals surface area (Å²) in [4.78, 5) is 11.7. The van der Waals surface area contributed by atoms with E-state index in [2.05, 4.69) is 31.5 Å². The van der Waals surface area contributed by atoms with Crippen LogP contribution < -0.4 is 5.32 Å². The summed E-state index contributed by atoms with van der Waals surface area (Å²) in [6.07, 6.45) is 5.04. The maximum Gasteiger partial charge on any atom is 0.411 e. The molecule has 5 nitrogen and oxygen atoms in total. The van der Waals surface area contributed by atoms with Gasteiger partial charge in [0.25, 0.3) is 0 Å². The molecule has 0 spiro atoms. The molecule has 0 aromatic heterocycles. The van der Waals surface area contributed by atoms with Crippen LogP contribution in [0.15, 0.2) is 46.8 Å². The van der Waals surface area contributed by atoms with Crippen LogP contribution in [-0.4, -0.2) is 18.0 Å². The summed E-state index contributed by atoms with van der Waals surface area (Å²) in [5.41, 5.74) is 1.15. The minimum Gasteiger partial charge on any atom is -0.449 e. The number of ether oxygens (including phenoxy) is 1. The van der Waals surface area contributed by atoms with E-state index in [1.165, 1.54) is 0 Å². The van der Waals surface area contributed by atoms with Gasteiger partial charge in [-0.2, -0.15) is 10.2 Å². The Bertz CT molecular complexity index is 546. The molecule has 0 radical (unpaired) electrons. The van der Waals surface area contributed by atoms with E-state index in [-0.39, 0.29) is 0 Å². The quantitative estimate of drug-likeness (QED) is 0.600. The lowest BCUT2D eigenvalue weighted by Gasteiger charge is -2.20. The van der Waals surface area contributed by atoms with Gasteiger partial charge in [0, 0.05) is 17.2 Å². The van der Waals surface area contributed by atoms with Crippen molar-refractivity contribution in [2.45, 2.75) is 25.3 Å². The van der Waals surface area contributed by atoms with Gasteiger partial charge in [-0.1, -0.05) is 41.4 Å². The van der Waals surface area contributed by atoms with E-state index in [9.17, 15) is 4.79 Å². The Kier molecular flexibility index (Phi) is 5.50. The van der Waals surface area contributed by atoms with Gasteiger partial charge in [0.15, 0.2) is 0 Å². The average Bonchev–Trinajstić information content (AvgIpc) is 2.98. The summed E-state index contributed by atoms with van der Waals surface area (Å²) in [7, 11) is 0. The largest absolute Gasteiger partial charge is 0.449 e. The number of carbonyl (C=O) groups is 1. The number of hydrogen-bond donors (Lipinski definition) is 1. The number of carbonyl (C=O) groups excluding carboxylic acids is 1. The highest BCUT2D eigenvalue weighted by atomic mass is 79.9. The number of anilines is 1. The Balaban J connectivity index is 2.06. The van der Waals surface area contributed by atoms with Gasteiger partial charge in [0.1, 0.15) is 5.54 Å². The maximum absolute atomic E-state index is 11.7. The van der Waals surface area contributed by atoms with Crippen LogP contribution in [0.3, 0.4) is 0 Å². The summed E-state index contributed by atoms with van der Waals surface area (Å²) < 4.78 is 5.09. The van der Waals surface area contributed by atoms with Gasteiger partial charge in [-0.15, -0.1) is 0 Å². The molecular formula is C15H18BrN3O2. The van der Waals surface area contributed by atoms with E-state index >= 15 is 0 Å². The second-order valence-corrected chi connectivity index (χ2v) is 5.35. The third-order valence-electron chi connectivity index (χ3n) is 3.20. The summed E-state index contributed by atoms with van der Waals surface area (Å²) in [6, 6.07) is 7.55. The van der Waals surface area contributed by atoms with Crippen LogP contribution >= 0.6 is 15.9 Å². The van der Waals surface area contributed by atoms with Crippen molar-refractivity contribution in [2.75, 3.05) is 17.3 Å². The van der Waals surface area contributed by atoms with E-state index in [4.69, 9.17) is 4.74 Å². The zero-order valence-corrected chi connectivity index (χ0v) is 13.5. The summed E-state index contributed by atoms with van der Waals surface area (Å²) in [6.45, 7) is 2.48. The first-order valence-electron chi connectivity index (χ1n) is 6.90. The smallest absolute Gasteiger partial charge is 0.411 e. The Labute approximate surface area is 132 Å². The maximum atomic E-state index is 11.7. The fourth-order valence-electron chi connectivity index (χ4n) is 1.96. The second-order valence-electron chi connectivity index (χ2n) is 4.78. The SMILES string of the molecule is CCCCOC(=O)Nc1cccc(C2(CBr)C=CN=N2)c1. The first kappa shape index (κ1) is 15.7. The second kappa shape index (κ2) is 7.36. The average molecular weight is 352 g/mol. The standard InChI is InChI=1S/C15H18BrN3O2/c1-2-3-9-21-14(20)18-13-6-4-5-12(10-13)15(11-16)7-8-17-19-15/h4-8,10H,2-3,9,11H2,1H3,(H,18,20). The van der Waals surface area contributed by atoms with Crippen molar-refractivity contribution in [1.82, 2.24) is 0 Å². The van der Waals surface area contributed by atoms with Gasteiger partial charge in [-0.3, -0.25) is 5.32 Å². The highest BCUT2D eigenvalue weighted by molar-refractivity contribution is 9.09. The van der Waals surface area contributed by atoms with E-state index in [1.54, 1.807) is 6.20 Å². The first-order valence-corrected chi connectivity index (χ1v) is 8.02. The van der Waals surface area contributed by atoms with Crippen molar-refractivity contribution in [2.24, 2.45) is 10.2 Å². The van der Waals surface area contributed by atoms with Crippen LogP contribution in [0.1, 0.15) is 25.3 Å². The number of nitrogens with zero attached hydrogens (tertiary/aromatic N) is 2. The van der Waals surface area contributed by atoms with Crippen molar-refractivity contribution in [1.29, 1.82) is 0 Å². The van der Waals surface area contributed by atoms with Crippen LogP contribution in [0.4, 0.5) is 10.5 Å². The molecule has 1 aliphatic heterocycles. The number of hydrogen-bond acceptors (Lipinski definition) is 4. The molecule has 6 heteroatoms. The lowest BCUT2D eigenvalue weighted by molar-refractivity contribution is 0.160. The highest BCUT2D eigenvalue weighted by Gasteiger charge is 2.30. The number of azo groups is 1. The predicted molar refractivity (Wildman–Crippen MR) is 85.8 cm³/mol. The molecule has 0 bridgehead atoms. The molecule has 1 unspecified atom stereocenters. The fraction of sp³-hybridized carbons (Fsp3) is 0.400. The van der Waals surface area contributed by atoms with Gasteiger partial charge in [0.05, 0.1) is 6.61 Å². The van der Waals surface area contributed by atoms with Crippen LogP contribution in [0.25, 0.3) is 0 Å². The molecule has 112 valence electrons. The molecule has 21 heavy (non-hydrogen) atoms. The number of amides is 1. The third kappa shape index (κ3) is 3.91. The molecule has 0 fully saturated rings. The van der Waals surface area contributed by atoms with Crippen LogP contribution in [0, 0.1) is 0 Å². The zero-order chi connectivity index (χ0) is 15.1. The fourth-order valence-corrected chi connectivity index (χ4v) is 2.58. The molecule has 2 rings (SSSR count). The number of unbranched alkanes of at least 4 members (excludes halogenated alkanes) is 1. The molecule has 1 atom stereocenters. The minimum atomic E-state index is -0.496. The molecule has 1 aliphatic rings. The van der Waals surface area contributed by atoms with Crippen molar-refractivity contribution in [3.8, 4) is 0 Å². The van der Waals surface area contributed by atoms with Gasteiger partial charge < -0.3 is 4.74 Å². The molecule has 1 aromatic carbocycles. The van der Waals surface area contributed by atoms with E-state index < -0.39 is 11.6 Å². The zero-order valence-electron chi connectivity index (χ0n) is 11.9. The number of alkyl halides is 1. The van der Waals surface area contributed by atoms with Crippen molar-refractivity contribution >= 4 is 27.7 Å². The summed E-state index contributed by atoms with van der Waals surface area (Å²) >= 11 is 3.47. The third-order valence-corrected chi connectivity index (χ3v) is 4.05. The monoisotopic (exact) mass is 351 g/mol. The summed E-state index contributed by atoms with van der Waals surface area (Å²) in [5, 5.41) is 11.5. The molecule has 1 heterocycles. The Morgan fingerprint density at radius 1 is 1.48 bits per heavy atom. The first-order chi connectivity index (χ1) is 10.2. The Hall–Kier alpha value is -1.69. The molecule has 0 saturated heterocycles. The number of nitrogens with one attached hydrogen (secondary N) is 1. The molecule has 1 amide bonds. The number of halogens is 1. The van der Waals surface area contributed by atoms with Crippen LogP contribution in [0.2, 0.25) is 0 Å². The van der Waals surface area contributed by atoms with Crippen molar-refractivity contribution in [3.63, 3.8) is 0 Å². The topological polar surface area (TPSA) is 63.0 Å². The van der Waals surface area contributed by atoms with Crippen molar-refractivity contribution < 1.29 is 9.53 Å². The van der Waals surface area contributed by atoms with Crippen molar-refractivity contribution in [3.05, 3.63) is 42.1 Å². The normalized spacial score (nSPS) is 19.7. The van der Waals surface area contributed by atoms with E-state index in [0.717, 1.165) is 18.4 Å². The molecule has 0 aliphatic carbocycles. The Morgan fingerprint density at radius 2 is 2.33 bits per heavy atom. The summed E-state index contributed by atoms with van der Waals surface area (Å²) in [5.74, 6) is 0. The lowest BCUT2D eigenvalue weighted by atomic mass is 9.93. The van der Waals surface area contributed by atoms with E-state index in [1.807, 2.05) is 37.3 Å². The molecule has 1 aromatic rings. The van der Waals surface area contributed by atoms with Crippen LogP contribution in [-0.2, 0) is 10.3 Å². The van der Waals surface area contributed by atoms with Gasteiger partial charge in [-0.05, 0) is 30.2 Å². The molecule has 1 N–H and O–H groups in total. The molecule has 0 saturated carbocycles. The number of rotatable bonds is 6. The molecular weight excluding hydrogens is 334 g/mol. The highest BCUT2D eigenvalue weighted by Crippen LogP contribution is 2.34. The number of benzene rings is 1. The van der Waals surface area contributed by atoms with E-state index in [0.29, 0.717) is 17.6 Å². The van der Waals surface area contributed by atoms with Crippen LogP contribution in [0.5, 0.6) is 0 Å². The lowest BCUT2D eigenvalue weighted by Crippen LogP contribution is -2.21. The minimum absolute atomic E-state index is 0.433. The predicted octanol–water partition coefficient (Wildman–Crippen LogP) is 4.60. The van der Waals surface area contributed by atoms with Gasteiger partial charge >= 0.3 is 6.09 Å².